The largest absolute Gasteiger partial charge is 0.477 e. The zero-order valence-electron chi connectivity index (χ0n) is 18.6. The number of fused-ring (bicyclic) bond motifs is 3. The van der Waals surface area contributed by atoms with Gasteiger partial charge >= 0.3 is 6.18 Å². The molecule has 0 unspecified atom stereocenters. The van der Waals surface area contributed by atoms with Crippen LogP contribution in [-0.2, 0) is 11.0 Å². The number of halogens is 3. The number of nitrogens with one attached hydrogen (secondary N) is 2. The summed E-state index contributed by atoms with van der Waals surface area (Å²) in [6, 6.07) is 7.48. The van der Waals surface area contributed by atoms with Crippen LogP contribution in [0.25, 0.3) is 31.7 Å². The van der Waals surface area contributed by atoms with E-state index in [1.54, 1.807) is 31.2 Å². The van der Waals surface area contributed by atoms with Crippen LogP contribution in [0.2, 0.25) is 0 Å². The van der Waals surface area contributed by atoms with Gasteiger partial charge in [0.15, 0.2) is 0 Å². The summed E-state index contributed by atoms with van der Waals surface area (Å²) in [6.07, 6.45) is -4.10. The Balaban J connectivity index is 1.74. The predicted octanol–water partition coefficient (Wildman–Crippen LogP) is 4.30. The summed E-state index contributed by atoms with van der Waals surface area (Å²) in [7, 11) is 0. The number of benzene rings is 1. The first-order valence-electron chi connectivity index (χ1n) is 11.0. The van der Waals surface area contributed by atoms with E-state index in [1.165, 1.54) is 0 Å². The van der Waals surface area contributed by atoms with Gasteiger partial charge in [0.1, 0.15) is 15.0 Å². The molecule has 0 atom stereocenters. The number of hydrogen-bond acceptors (Lipinski definition) is 8. The molecule has 0 saturated carbocycles. The third-order valence-electron chi connectivity index (χ3n) is 5.64. The number of hydrogen-bond donors (Lipinski definition) is 2. The molecule has 1 saturated heterocycles. The first kappa shape index (κ1) is 23.2. The van der Waals surface area contributed by atoms with E-state index in [0.29, 0.717) is 48.0 Å². The minimum atomic E-state index is -4.63. The lowest BCUT2D eigenvalue weighted by atomic mass is 10.1. The van der Waals surface area contributed by atoms with Crippen molar-refractivity contribution in [2.24, 2.45) is 0 Å². The minimum Gasteiger partial charge on any atom is -0.477 e. The smallest absolute Gasteiger partial charge is 0.417 e. The lowest BCUT2D eigenvalue weighted by molar-refractivity contribution is -0.136. The average molecular weight is 503 g/mol. The van der Waals surface area contributed by atoms with Crippen LogP contribution in [0.1, 0.15) is 12.5 Å². The van der Waals surface area contributed by atoms with E-state index in [1.807, 2.05) is 4.90 Å². The first-order valence-corrected chi connectivity index (χ1v) is 11.8. The van der Waals surface area contributed by atoms with Gasteiger partial charge in [-0.15, -0.1) is 11.3 Å². The van der Waals surface area contributed by atoms with Gasteiger partial charge in [-0.3, -0.25) is 4.79 Å². The Morgan fingerprint density at radius 2 is 1.91 bits per heavy atom. The van der Waals surface area contributed by atoms with E-state index in [0.717, 1.165) is 30.5 Å². The Labute approximate surface area is 202 Å². The molecule has 0 radical (unpaired) electrons. The van der Waals surface area contributed by atoms with Crippen LogP contribution < -0.4 is 20.3 Å². The monoisotopic (exact) mass is 502 g/mol. The topological polar surface area (TPSA) is 92.3 Å². The number of rotatable bonds is 6. The molecule has 5 rings (SSSR count). The van der Waals surface area contributed by atoms with Crippen LogP contribution in [0.4, 0.5) is 24.8 Å². The second-order valence-corrected chi connectivity index (χ2v) is 8.85. The molecule has 0 aliphatic carbocycles. The molecule has 0 bridgehead atoms. The highest BCUT2D eigenvalue weighted by Crippen LogP contribution is 2.45. The van der Waals surface area contributed by atoms with Gasteiger partial charge in [-0.2, -0.15) is 18.2 Å². The normalized spacial score (nSPS) is 14.5. The highest BCUT2D eigenvalue weighted by atomic mass is 32.1. The lowest BCUT2D eigenvalue weighted by Crippen LogP contribution is -2.44. The number of piperazine rings is 1. The van der Waals surface area contributed by atoms with E-state index < -0.39 is 11.7 Å². The number of thiophene rings is 1. The number of nitrogens with zero attached hydrogens (tertiary/aromatic N) is 4. The quantitative estimate of drug-likeness (QED) is 0.380. The van der Waals surface area contributed by atoms with Crippen LogP contribution in [0.5, 0.6) is 5.88 Å². The predicted molar refractivity (Wildman–Crippen MR) is 129 cm³/mol. The zero-order chi connectivity index (χ0) is 24.6. The number of carbonyl (C=O) groups excluding carboxylic acids is 1. The summed E-state index contributed by atoms with van der Waals surface area (Å²) in [5.41, 5.74) is 0.561. The molecular formula is C23H21F3N6O2S. The van der Waals surface area contributed by atoms with Crippen molar-refractivity contribution >= 4 is 49.8 Å². The van der Waals surface area contributed by atoms with Gasteiger partial charge in [-0.05, 0) is 25.1 Å². The second kappa shape index (κ2) is 9.27. The second-order valence-electron chi connectivity index (χ2n) is 7.85. The SMILES string of the molecule is CCOc1nc(N2CCNCC2)nc2c1sc1nc(-c3ccc(NC=O)cc3)cc(C(F)(F)F)c12. The maximum Gasteiger partial charge on any atom is 0.417 e. The summed E-state index contributed by atoms with van der Waals surface area (Å²) in [5, 5.41) is 5.69. The Kier molecular flexibility index (Phi) is 6.15. The van der Waals surface area contributed by atoms with Crippen molar-refractivity contribution in [2.45, 2.75) is 13.1 Å². The third-order valence-corrected chi connectivity index (χ3v) is 6.70. The summed E-state index contributed by atoms with van der Waals surface area (Å²) in [5.74, 6) is 0.602. The molecule has 1 aromatic carbocycles. The third kappa shape index (κ3) is 4.46. The maximum atomic E-state index is 14.3. The van der Waals surface area contributed by atoms with Crippen molar-refractivity contribution in [1.29, 1.82) is 0 Å². The molecule has 1 amide bonds. The Bertz CT molecular complexity index is 1380. The number of anilines is 2. The fourth-order valence-corrected chi connectivity index (χ4v) is 5.10. The molecule has 12 heteroatoms. The molecule has 4 heterocycles. The van der Waals surface area contributed by atoms with Crippen LogP contribution in [0, 0.1) is 0 Å². The highest BCUT2D eigenvalue weighted by Gasteiger charge is 2.36. The Morgan fingerprint density at radius 1 is 1.17 bits per heavy atom. The molecule has 1 aliphatic rings. The van der Waals surface area contributed by atoms with E-state index >= 15 is 0 Å². The van der Waals surface area contributed by atoms with Gasteiger partial charge in [0, 0.05) is 37.4 Å². The minimum absolute atomic E-state index is 0.0553. The van der Waals surface area contributed by atoms with E-state index in [4.69, 9.17) is 4.74 Å². The number of pyridine rings is 1. The molecule has 0 spiro atoms. The maximum absolute atomic E-state index is 14.3. The standard InChI is InChI=1S/C23H21F3N6O2S/c1-2-34-20-19-18(30-22(31-20)32-9-7-27-8-10-32)17-15(23(24,25)26)11-16(29-21(17)35-19)13-3-5-14(6-4-13)28-12-33/h3-6,11-12,27H,2,7-10H2,1H3,(H,28,33). The molecule has 4 aromatic rings. The van der Waals surface area contributed by atoms with E-state index in [2.05, 4.69) is 25.6 Å². The van der Waals surface area contributed by atoms with Crippen molar-refractivity contribution in [1.82, 2.24) is 20.3 Å². The summed E-state index contributed by atoms with van der Waals surface area (Å²) in [6.45, 7) is 4.86. The van der Waals surface area contributed by atoms with Gasteiger partial charge in [0.2, 0.25) is 18.2 Å². The summed E-state index contributed by atoms with van der Waals surface area (Å²) < 4.78 is 49.1. The molecule has 182 valence electrons. The van der Waals surface area contributed by atoms with Crippen LogP contribution >= 0.6 is 11.3 Å². The Hall–Kier alpha value is -3.51. The van der Waals surface area contributed by atoms with Crippen molar-refractivity contribution in [2.75, 3.05) is 43.0 Å². The number of aromatic nitrogens is 3. The van der Waals surface area contributed by atoms with Crippen LogP contribution in [0.15, 0.2) is 30.3 Å². The molecule has 2 N–H and O–H groups in total. The molecule has 3 aromatic heterocycles. The lowest BCUT2D eigenvalue weighted by Gasteiger charge is -2.27. The van der Waals surface area contributed by atoms with Crippen molar-refractivity contribution in [3.05, 3.63) is 35.9 Å². The average Bonchev–Trinajstić information content (AvgIpc) is 3.23. The molecule has 8 nitrogen and oxygen atoms in total. The molecule has 1 aliphatic heterocycles. The van der Waals surface area contributed by atoms with Crippen molar-refractivity contribution in [3.8, 4) is 17.1 Å². The molecular weight excluding hydrogens is 481 g/mol. The zero-order valence-corrected chi connectivity index (χ0v) is 19.5. The van der Waals surface area contributed by atoms with Crippen LogP contribution in [-0.4, -0.2) is 54.1 Å². The number of ether oxygens (including phenoxy) is 1. The van der Waals surface area contributed by atoms with Crippen LogP contribution in [0.3, 0.4) is 0 Å². The first-order chi connectivity index (χ1) is 16.9. The number of carbonyl (C=O) groups is 1. The summed E-state index contributed by atoms with van der Waals surface area (Å²) >= 11 is 1.08. The van der Waals surface area contributed by atoms with Gasteiger partial charge < -0.3 is 20.3 Å². The molecule has 35 heavy (non-hydrogen) atoms. The summed E-state index contributed by atoms with van der Waals surface area (Å²) in [4.78, 5) is 26.5. The van der Waals surface area contributed by atoms with E-state index in [-0.39, 0.29) is 27.3 Å². The fourth-order valence-electron chi connectivity index (χ4n) is 4.02. The Morgan fingerprint density at radius 3 is 2.57 bits per heavy atom. The van der Waals surface area contributed by atoms with Gasteiger partial charge in [-0.25, -0.2) is 9.97 Å². The van der Waals surface area contributed by atoms with Gasteiger partial charge in [0.05, 0.1) is 23.3 Å². The fraction of sp³-hybridized carbons (Fsp3) is 0.304. The highest BCUT2D eigenvalue weighted by molar-refractivity contribution is 7.25. The number of alkyl halides is 3. The van der Waals surface area contributed by atoms with E-state index in [9.17, 15) is 18.0 Å². The molecule has 1 fully saturated rings. The van der Waals surface area contributed by atoms with Crippen molar-refractivity contribution < 1.29 is 22.7 Å². The van der Waals surface area contributed by atoms with Crippen molar-refractivity contribution in [3.63, 3.8) is 0 Å². The number of amides is 1. The van der Waals surface area contributed by atoms with Gasteiger partial charge in [-0.1, -0.05) is 12.1 Å². The van der Waals surface area contributed by atoms with Gasteiger partial charge in [0.25, 0.3) is 0 Å².